The number of fused-ring (bicyclic) bond motifs is 1. The van der Waals surface area contributed by atoms with Gasteiger partial charge >= 0.3 is 0 Å². The molecule has 1 heterocycles. The smallest absolute Gasteiger partial charge is 0.182 e. The van der Waals surface area contributed by atoms with E-state index in [4.69, 9.17) is 12.2 Å². The van der Waals surface area contributed by atoms with Crippen LogP contribution in [-0.2, 0) is 0 Å². The number of aromatic nitrogens is 1. The van der Waals surface area contributed by atoms with Crippen LogP contribution in [0.4, 0.5) is 5.69 Å². The van der Waals surface area contributed by atoms with Gasteiger partial charge in [-0.15, -0.1) is 12.3 Å². The van der Waals surface area contributed by atoms with Crippen molar-refractivity contribution in [2.75, 3.05) is 5.73 Å². The molecule has 0 radical (unpaired) electrons. The fourth-order valence-corrected chi connectivity index (χ4v) is 1.66. The SMILES string of the molecule is C#CCCC(=O)c1cc(N)c2ccccc2n1. The Morgan fingerprint density at radius 3 is 2.94 bits per heavy atom. The molecule has 0 spiro atoms. The number of hydrogen-bond donors (Lipinski definition) is 1. The van der Waals surface area contributed by atoms with Crippen LogP contribution in [0.3, 0.4) is 0 Å². The van der Waals surface area contributed by atoms with Gasteiger partial charge in [-0.25, -0.2) is 4.98 Å². The molecule has 0 amide bonds. The fourth-order valence-electron chi connectivity index (χ4n) is 1.66. The van der Waals surface area contributed by atoms with E-state index < -0.39 is 0 Å². The first-order valence-corrected chi connectivity index (χ1v) is 5.34. The third-order valence-corrected chi connectivity index (χ3v) is 2.53. The van der Waals surface area contributed by atoms with Crippen LogP contribution in [0.1, 0.15) is 23.3 Å². The number of carbonyl (C=O) groups is 1. The number of nitrogens with two attached hydrogens (primary N) is 1. The summed E-state index contributed by atoms with van der Waals surface area (Å²) in [6.45, 7) is 0. The summed E-state index contributed by atoms with van der Waals surface area (Å²) < 4.78 is 0. The van der Waals surface area contributed by atoms with Crippen molar-refractivity contribution in [1.29, 1.82) is 0 Å². The van der Waals surface area contributed by atoms with Gasteiger partial charge in [0.25, 0.3) is 0 Å². The Hall–Kier alpha value is -2.34. The van der Waals surface area contributed by atoms with Gasteiger partial charge in [-0.1, -0.05) is 18.2 Å². The number of ketones is 1. The molecular formula is C14H12N2O. The zero-order valence-corrected chi connectivity index (χ0v) is 9.31. The van der Waals surface area contributed by atoms with Gasteiger partial charge in [0.1, 0.15) is 5.69 Å². The molecule has 0 saturated heterocycles. The molecule has 0 fully saturated rings. The van der Waals surface area contributed by atoms with E-state index in [0.29, 0.717) is 24.2 Å². The van der Waals surface area contributed by atoms with Crippen molar-refractivity contribution in [3.8, 4) is 12.3 Å². The minimum Gasteiger partial charge on any atom is -0.398 e. The van der Waals surface area contributed by atoms with E-state index in [2.05, 4.69) is 10.9 Å². The first-order chi connectivity index (χ1) is 8.22. The molecule has 17 heavy (non-hydrogen) atoms. The lowest BCUT2D eigenvalue weighted by molar-refractivity contribution is 0.0980. The average Bonchev–Trinajstić information content (AvgIpc) is 2.36. The van der Waals surface area contributed by atoms with E-state index in [1.54, 1.807) is 6.07 Å². The van der Waals surface area contributed by atoms with E-state index in [1.165, 1.54) is 0 Å². The zero-order chi connectivity index (χ0) is 12.3. The minimum atomic E-state index is -0.0691. The third-order valence-electron chi connectivity index (χ3n) is 2.53. The highest BCUT2D eigenvalue weighted by Crippen LogP contribution is 2.20. The molecule has 0 aliphatic heterocycles. The number of carbonyl (C=O) groups excluding carboxylic acids is 1. The van der Waals surface area contributed by atoms with Crippen LogP contribution >= 0.6 is 0 Å². The minimum absolute atomic E-state index is 0.0691. The Kier molecular flexibility index (Phi) is 3.06. The monoisotopic (exact) mass is 224 g/mol. The maximum atomic E-state index is 11.8. The van der Waals surface area contributed by atoms with Crippen LogP contribution in [0, 0.1) is 12.3 Å². The van der Waals surface area contributed by atoms with Crippen LogP contribution in [-0.4, -0.2) is 10.8 Å². The topological polar surface area (TPSA) is 56.0 Å². The van der Waals surface area contributed by atoms with E-state index in [1.807, 2.05) is 24.3 Å². The molecule has 2 rings (SSSR count). The standard InChI is InChI=1S/C14H12N2O/c1-2-3-8-14(17)13-9-11(15)10-6-4-5-7-12(10)16-13/h1,4-7,9H,3,8H2,(H2,15,16). The van der Waals surface area contributed by atoms with Crippen LogP contribution < -0.4 is 5.73 Å². The molecule has 1 aromatic heterocycles. The summed E-state index contributed by atoms with van der Waals surface area (Å²) >= 11 is 0. The van der Waals surface area contributed by atoms with Gasteiger partial charge in [-0.3, -0.25) is 4.79 Å². The van der Waals surface area contributed by atoms with Gasteiger partial charge in [-0.2, -0.15) is 0 Å². The van der Waals surface area contributed by atoms with Crippen molar-refractivity contribution in [3.05, 3.63) is 36.0 Å². The molecule has 3 heteroatoms. The van der Waals surface area contributed by atoms with Crippen LogP contribution in [0.2, 0.25) is 0 Å². The quantitative estimate of drug-likeness (QED) is 0.643. The van der Waals surface area contributed by atoms with Crippen LogP contribution in [0.25, 0.3) is 10.9 Å². The molecule has 0 aliphatic carbocycles. The van der Waals surface area contributed by atoms with Crippen molar-refractivity contribution < 1.29 is 4.79 Å². The molecule has 84 valence electrons. The Morgan fingerprint density at radius 2 is 2.18 bits per heavy atom. The normalized spacial score (nSPS) is 10.1. The molecular weight excluding hydrogens is 212 g/mol. The lowest BCUT2D eigenvalue weighted by Gasteiger charge is -2.04. The van der Waals surface area contributed by atoms with Crippen molar-refractivity contribution in [1.82, 2.24) is 4.98 Å². The van der Waals surface area contributed by atoms with E-state index >= 15 is 0 Å². The maximum Gasteiger partial charge on any atom is 0.182 e. The molecule has 2 aromatic rings. The Morgan fingerprint density at radius 1 is 1.41 bits per heavy atom. The second kappa shape index (κ2) is 4.67. The molecule has 0 unspecified atom stereocenters. The number of nitrogens with zero attached hydrogens (tertiary/aromatic N) is 1. The van der Waals surface area contributed by atoms with Gasteiger partial charge in [0.05, 0.1) is 5.52 Å². The average molecular weight is 224 g/mol. The lowest BCUT2D eigenvalue weighted by atomic mass is 10.1. The number of pyridine rings is 1. The number of anilines is 1. The molecule has 0 atom stereocenters. The van der Waals surface area contributed by atoms with Crippen molar-refractivity contribution >= 4 is 22.4 Å². The van der Waals surface area contributed by atoms with E-state index in [9.17, 15) is 4.79 Å². The van der Waals surface area contributed by atoms with Crippen LogP contribution in [0.5, 0.6) is 0 Å². The lowest BCUT2D eigenvalue weighted by Crippen LogP contribution is -2.03. The number of benzene rings is 1. The summed E-state index contributed by atoms with van der Waals surface area (Å²) in [6, 6.07) is 9.09. The summed E-state index contributed by atoms with van der Waals surface area (Å²) in [6.07, 6.45) is 5.86. The largest absolute Gasteiger partial charge is 0.398 e. The molecule has 0 bridgehead atoms. The maximum absolute atomic E-state index is 11.8. The van der Waals surface area contributed by atoms with E-state index in [-0.39, 0.29) is 5.78 Å². The molecule has 2 N–H and O–H groups in total. The predicted octanol–water partition coefficient (Wildman–Crippen LogP) is 2.41. The summed E-state index contributed by atoms with van der Waals surface area (Å²) in [5.74, 6) is 2.37. The van der Waals surface area contributed by atoms with Crippen molar-refractivity contribution in [2.24, 2.45) is 0 Å². The third kappa shape index (κ3) is 2.26. The van der Waals surface area contributed by atoms with Crippen molar-refractivity contribution in [3.63, 3.8) is 0 Å². The predicted molar refractivity (Wildman–Crippen MR) is 68.6 cm³/mol. The van der Waals surface area contributed by atoms with Gasteiger partial charge < -0.3 is 5.73 Å². The molecule has 3 nitrogen and oxygen atoms in total. The second-order valence-electron chi connectivity index (χ2n) is 3.74. The second-order valence-corrected chi connectivity index (χ2v) is 3.74. The van der Waals surface area contributed by atoms with Gasteiger partial charge in [-0.05, 0) is 12.1 Å². The number of rotatable bonds is 3. The first kappa shape index (κ1) is 11.2. The number of hydrogen-bond acceptors (Lipinski definition) is 3. The summed E-state index contributed by atoms with van der Waals surface area (Å²) in [7, 11) is 0. The zero-order valence-electron chi connectivity index (χ0n) is 9.31. The van der Waals surface area contributed by atoms with Crippen LogP contribution in [0.15, 0.2) is 30.3 Å². The van der Waals surface area contributed by atoms with E-state index in [0.717, 1.165) is 10.9 Å². The Balaban J connectivity index is 2.43. The van der Waals surface area contributed by atoms with Gasteiger partial charge in [0.2, 0.25) is 0 Å². The molecule has 0 aliphatic rings. The van der Waals surface area contributed by atoms with Gasteiger partial charge in [0.15, 0.2) is 5.78 Å². The van der Waals surface area contributed by atoms with Gasteiger partial charge in [0, 0.05) is 23.9 Å². The summed E-state index contributed by atoms with van der Waals surface area (Å²) in [4.78, 5) is 16.1. The number of Topliss-reactive ketones (excluding diaryl/α,β-unsaturated/α-hetero) is 1. The Labute approximate surface area is 99.7 Å². The molecule has 1 aromatic carbocycles. The highest BCUT2D eigenvalue weighted by atomic mass is 16.1. The van der Waals surface area contributed by atoms with Crippen molar-refractivity contribution in [2.45, 2.75) is 12.8 Å². The fraction of sp³-hybridized carbons (Fsp3) is 0.143. The number of para-hydroxylation sites is 1. The summed E-state index contributed by atoms with van der Waals surface area (Å²) in [5.41, 5.74) is 7.58. The first-order valence-electron chi connectivity index (χ1n) is 5.34. The highest BCUT2D eigenvalue weighted by Gasteiger charge is 2.09. The summed E-state index contributed by atoms with van der Waals surface area (Å²) in [5, 5.41) is 0.862. The number of nitrogen functional groups attached to an aromatic ring is 1. The Bertz CT molecular complexity index is 611. The molecule has 0 saturated carbocycles. The number of terminal acetylenes is 1. The highest BCUT2D eigenvalue weighted by molar-refractivity contribution is 6.00.